The number of ether oxygens (including phenoxy) is 1. The van der Waals surface area contributed by atoms with Crippen LogP contribution in [0.4, 0.5) is 17.2 Å². The van der Waals surface area contributed by atoms with Crippen LogP contribution in [-0.2, 0) is 16.0 Å². The fraction of sp³-hybridized carbons (Fsp3) is 0.294. The van der Waals surface area contributed by atoms with Crippen molar-refractivity contribution in [3.63, 3.8) is 0 Å². The van der Waals surface area contributed by atoms with Gasteiger partial charge < -0.3 is 15.8 Å². The zero-order valence-electron chi connectivity index (χ0n) is 13.4. The van der Waals surface area contributed by atoms with Crippen LogP contribution in [0.1, 0.15) is 22.4 Å². The lowest BCUT2D eigenvalue weighted by atomic mass is 10.0. The van der Waals surface area contributed by atoms with Gasteiger partial charge in [-0.1, -0.05) is 6.07 Å². The first-order chi connectivity index (χ1) is 10.4. The second-order valence-corrected chi connectivity index (χ2v) is 5.36. The lowest BCUT2D eigenvalue weighted by Gasteiger charge is -2.13. The number of rotatable bonds is 4. The maximum Gasteiger partial charge on any atom is 0.309 e. The third kappa shape index (κ3) is 3.55. The molecule has 0 atom stereocenters. The van der Waals surface area contributed by atoms with Crippen LogP contribution < -0.4 is 11.1 Å². The van der Waals surface area contributed by atoms with E-state index in [-0.39, 0.29) is 12.4 Å². The summed E-state index contributed by atoms with van der Waals surface area (Å²) >= 11 is 0. The number of nitrogens with two attached hydrogens (primary N) is 1. The summed E-state index contributed by atoms with van der Waals surface area (Å²) in [6.07, 6.45) is 0.270. The molecule has 116 valence electrons. The van der Waals surface area contributed by atoms with E-state index in [0.717, 1.165) is 28.1 Å². The maximum atomic E-state index is 11.4. The number of pyridine rings is 1. The highest BCUT2D eigenvalue weighted by atomic mass is 16.5. The summed E-state index contributed by atoms with van der Waals surface area (Å²) in [7, 11) is 1.39. The number of methoxy groups -OCH3 is 1. The molecule has 1 aromatic heterocycles. The highest BCUT2D eigenvalue weighted by Gasteiger charge is 2.09. The van der Waals surface area contributed by atoms with Gasteiger partial charge in [-0.2, -0.15) is 0 Å². The van der Waals surface area contributed by atoms with E-state index in [0.29, 0.717) is 11.5 Å². The fourth-order valence-electron chi connectivity index (χ4n) is 2.28. The van der Waals surface area contributed by atoms with Gasteiger partial charge in [0.05, 0.1) is 19.2 Å². The molecule has 2 rings (SSSR count). The fourth-order valence-corrected chi connectivity index (χ4v) is 2.28. The molecule has 0 aliphatic heterocycles. The van der Waals surface area contributed by atoms with Crippen LogP contribution in [0.2, 0.25) is 0 Å². The molecule has 2 aromatic rings. The average molecular weight is 299 g/mol. The zero-order valence-corrected chi connectivity index (χ0v) is 13.4. The van der Waals surface area contributed by atoms with Crippen molar-refractivity contribution < 1.29 is 9.53 Å². The maximum absolute atomic E-state index is 11.4. The molecule has 22 heavy (non-hydrogen) atoms. The van der Waals surface area contributed by atoms with Gasteiger partial charge in [0.25, 0.3) is 0 Å². The van der Waals surface area contributed by atoms with Gasteiger partial charge in [0.2, 0.25) is 0 Å². The first-order valence-corrected chi connectivity index (χ1v) is 7.07. The minimum Gasteiger partial charge on any atom is -0.469 e. The van der Waals surface area contributed by atoms with Crippen LogP contribution in [-0.4, -0.2) is 18.1 Å². The van der Waals surface area contributed by atoms with Crippen molar-refractivity contribution in [2.75, 3.05) is 18.2 Å². The molecule has 0 saturated carbocycles. The molecule has 5 heteroatoms. The quantitative estimate of drug-likeness (QED) is 0.848. The highest BCUT2D eigenvalue weighted by Crippen LogP contribution is 2.26. The van der Waals surface area contributed by atoms with Crippen molar-refractivity contribution in [2.24, 2.45) is 0 Å². The second-order valence-electron chi connectivity index (χ2n) is 5.36. The van der Waals surface area contributed by atoms with Crippen LogP contribution in [0.15, 0.2) is 24.3 Å². The van der Waals surface area contributed by atoms with E-state index in [4.69, 9.17) is 10.5 Å². The Hall–Kier alpha value is -2.56. The molecule has 0 fully saturated rings. The molecule has 0 unspecified atom stereocenters. The number of carbonyl (C=O) groups excluding carboxylic acids is 1. The van der Waals surface area contributed by atoms with Crippen LogP contribution in [0.3, 0.4) is 0 Å². The number of esters is 1. The van der Waals surface area contributed by atoms with Gasteiger partial charge in [0.1, 0.15) is 0 Å². The van der Waals surface area contributed by atoms with Crippen molar-refractivity contribution in [3.05, 3.63) is 46.6 Å². The number of aryl methyl sites for hydroxylation is 3. The molecule has 5 nitrogen and oxygen atoms in total. The largest absolute Gasteiger partial charge is 0.469 e. The topological polar surface area (TPSA) is 77.2 Å². The number of nitrogens with one attached hydrogen (secondary N) is 1. The molecule has 0 bridgehead atoms. The number of aromatic nitrogens is 1. The van der Waals surface area contributed by atoms with Gasteiger partial charge in [-0.05, 0) is 55.7 Å². The lowest BCUT2D eigenvalue weighted by Crippen LogP contribution is -2.06. The first-order valence-electron chi connectivity index (χ1n) is 7.07. The van der Waals surface area contributed by atoms with Gasteiger partial charge in [-0.3, -0.25) is 4.79 Å². The monoisotopic (exact) mass is 299 g/mol. The van der Waals surface area contributed by atoms with E-state index in [1.54, 1.807) is 0 Å². The average Bonchev–Trinajstić information content (AvgIpc) is 2.47. The van der Waals surface area contributed by atoms with Gasteiger partial charge in [-0.25, -0.2) is 4.98 Å². The summed E-state index contributed by atoms with van der Waals surface area (Å²) in [5.74, 6) is 0.404. The minimum atomic E-state index is -0.246. The summed E-state index contributed by atoms with van der Waals surface area (Å²) in [4.78, 5) is 15.8. The Bertz CT molecular complexity index is 711. The first kappa shape index (κ1) is 15.8. The summed E-state index contributed by atoms with van der Waals surface area (Å²) in [5.41, 5.74) is 11.5. The standard InChI is InChI=1S/C17H21N3O2/c1-10-8-14(6-5-13(10)9-15(21)22-4)20-17-16(18)11(2)7-12(3)19-17/h5-8H,9,18H2,1-4H3,(H,19,20). The lowest BCUT2D eigenvalue weighted by molar-refractivity contribution is -0.139. The molecule has 1 heterocycles. The van der Waals surface area contributed by atoms with Crippen molar-refractivity contribution >= 4 is 23.2 Å². The highest BCUT2D eigenvalue weighted by molar-refractivity contribution is 5.75. The normalized spacial score (nSPS) is 10.4. The van der Waals surface area contributed by atoms with Gasteiger partial charge in [0.15, 0.2) is 5.82 Å². The van der Waals surface area contributed by atoms with Gasteiger partial charge in [0, 0.05) is 11.4 Å². The van der Waals surface area contributed by atoms with Crippen LogP contribution in [0.25, 0.3) is 0 Å². The molecule has 0 aliphatic rings. The van der Waals surface area contributed by atoms with E-state index < -0.39 is 0 Å². The third-order valence-electron chi connectivity index (χ3n) is 3.56. The molecular weight excluding hydrogens is 278 g/mol. The molecule has 0 spiro atoms. The molecule has 0 saturated heterocycles. The molecular formula is C17H21N3O2. The molecule has 0 amide bonds. The number of nitrogen functional groups attached to an aromatic ring is 1. The van der Waals surface area contributed by atoms with Crippen LogP contribution in [0, 0.1) is 20.8 Å². The van der Waals surface area contributed by atoms with Crippen molar-refractivity contribution in [3.8, 4) is 0 Å². The number of carbonyl (C=O) groups is 1. The number of hydrogen-bond donors (Lipinski definition) is 2. The smallest absolute Gasteiger partial charge is 0.309 e. The molecule has 0 radical (unpaired) electrons. The van der Waals surface area contributed by atoms with E-state index in [9.17, 15) is 4.79 Å². The predicted molar refractivity (Wildman–Crippen MR) is 88.3 cm³/mol. The third-order valence-corrected chi connectivity index (χ3v) is 3.56. The molecule has 0 aliphatic carbocycles. The number of anilines is 3. The molecule has 3 N–H and O–H groups in total. The summed E-state index contributed by atoms with van der Waals surface area (Å²) in [5, 5.41) is 3.24. The Labute approximate surface area is 130 Å². The van der Waals surface area contributed by atoms with E-state index in [1.165, 1.54) is 7.11 Å². The Morgan fingerprint density at radius 3 is 2.59 bits per heavy atom. The van der Waals surface area contributed by atoms with Crippen molar-refractivity contribution in [1.82, 2.24) is 4.98 Å². The number of hydrogen-bond acceptors (Lipinski definition) is 5. The summed E-state index contributed by atoms with van der Waals surface area (Å²) in [6, 6.07) is 7.74. The Balaban J connectivity index is 2.25. The van der Waals surface area contributed by atoms with Crippen LogP contribution >= 0.6 is 0 Å². The Kier molecular flexibility index (Phi) is 4.65. The summed E-state index contributed by atoms with van der Waals surface area (Å²) < 4.78 is 4.70. The van der Waals surface area contributed by atoms with Gasteiger partial charge >= 0.3 is 5.97 Å². The van der Waals surface area contributed by atoms with E-state index in [1.807, 2.05) is 45.0 Å². The molecule has 1 aromatic carbocycles. The predicted octanol–water partition coefficient (Wildman–Crippen LogP) is 3.05. The second kappa shape index (κ2) is 6.47. The minimum absolute atomic E-state index is 0.246. The Morgan fingerprint density at radius 2 is 1.95 bits per heavy atom. The van der Waals surface area contributed by atoms with E-state index in [2.05, 4.69) is 10.3 Å². The SMILES string of the molecule is COC(=O)Cc1ccc(Nc2nc(C)cc(C)c2N)cc1C. The summed E-state index contributed by atoms with van der Waals surface area (Å²) in [6.45, 7) is 5.85. The number of nitrogens with zero attached hydrogens (tertiary/aromatic N) is 1. The van der Waals surface area contributed by atoms with Crippen LogP contribution in [0.5, 0.6) is 0 Å². The van der Waals surface area contributed by atoms with Gasteiger partial charge in [-0.15, -0.1) is 0 Å². The number of benzene rings is 1. The van der Waals surface area contributed by atoms with Crippen molar-refractivity contribution in [1.29, 1.82) is 0 Å². The van der Waals surface area contributed by atoms with E-state index >= 15 is 0 Å². The van der Waals surface area contributed by atoms with Crippen molar-refractivity contribution in [2.45, 2.75) is 27.2 Å². The Morgan fingerprint density at radius 1 is 1.23 bits per heavy atom. The zero-order chi connectivity index (χ0) is 16.3.